The van der Waals surface area contributed by atoms with Crippen LogP contribution in [0.2, 0.25) is 0 Å². The fourth-order valence-electron chi connectivity index (χ4n) is 2.11. The average molecular weight is 230 g/mol. The van der Waals surface area contributed by atoms with E-state index in [9.17, 15) is 4.79 Å². The minimum Gasteiger partial charge on any atom is -0.479 e. The quantitative estimate of drug-likeness (QED) is 0.683. The van der Waals surface area contributed by atoms with Gasteiger partial charge in [0.25, 0.3) is 0 Å². The molecule has 16 heavy (non-hydrogen) atoms. The summed E-state index contributed by atoms with van der Waals surface area (Å²) in [4.78, 5) is 21.0. The highest BCUT2D eigenvalue weighted by Gasteiger charge is 2.56. The first-order valence-electron chi connectivity index (χ1n) is 6.14. The highest BCUT2D eigenvalue weighted by molar-refractivity contribution is 5.78. The molecule has 0 aromatic rings. The lowest BCUT2D eigenvalue weighted by atomic mass is 9.85. The molecule has 0 spiro atoms. The van der Waals surface area contributed by atoms with E-state index in [0.29, 0.717) is 12.3 Å². The van der Waals surface area contributed by atoms with Crippen LogP contribution in [0, 0.1) is 5.92 Å². The van der Waals surface area contributed by atoms with Gasteiger partial charge in [0.15, 0.2) is 0 Å². The van der Waals surface area contributed by atoms with Gasteiger partial charge in [-0.05, 0) is 18.8 Å². The molecule has 4 heteroatoms. The maximum absolute atomic E-state index is 11.1. The van der Waals surface area contributed by atoms with E-state index in [2.05, 4.69) is 13.8 Å². The summed E-state index contributed by atoms with van der Waals surface area (Å²) >= 11 is 0. The molecule has 0 aromatic carbocycles. The van der Waals surface area contributed by atoms with Crippen molar-refractivity contribution in [2.24, 2.45) is 5.92 Å². The molecule has 0 aliphatic carbocycles. The molecule has 1 rings (SSSR count). The smallest absolute Gasteiger partial charge is 0.342 e. The Balaban J connectivity index is 2.45. The molecule has 0 amide bonds. The van der Waals surface area contributed by atoms with E-state index in [1.807, 2.05) is 6.92 Å². The number of carboxylic acid groups (broad SMARTS) is 1. The van der Waals surface area contributed by atoms with Gasteiger partial charge in [-0.15, -0.1) is 0 Å². The Morgan fingerprint density at radius 2 is 2.19 bits per heavy atom. The molecule has 3 unspecified atom stereocenters. The summed E-state index contributed by atoms with van der Waals surface area (Å²) in [6.07, 6.45) is 4.40. The first-order valence-corrected chi connectivity index (χ1v) is 6.14. The molecular formula is C12H22O4. The Morgan fingerprint density at radius 3 is 2.56 bits per heavy atom. The molecule has 94 valence electrons. The molecule has 1 aliphatic rings. The van der Waals surface area contributed by atoms with Gasteiger partial charge in [0.2, 0.25) is 5.60 Å². The second kappa shape index (κ2) is 5.64. The largest absolute Gasteiger partial charge is 0.479 e. The van der Waals surface area contributed by atoms with Crippen molar-refractivity contribution in [1.82, 2.24) is 0 Å². The van der Waals surface area contributed by atoms with Crippen LogP contribution in [-0.2, 0) is 14.6 Å². The molecule has 0 bridgehead atoms. The molecule has 1 heterocycles. The van der Waals surface area contributed by atoms with Crippen molar-refractivity contribution in [3.63, 3.8) is 0 Å². The normalized spacial score (nSPS) is 30.8. The molecule has 4 nitrogen and oxygen atoms in total. The van der Waals surface area contributed by atoms with Crippen LogP contribution in [0.25, 0.3) is 0 Å². The summed E-state index contributed by atoms with van der Waals surface area (Å²) in [6, 6.07) is 0. The van der Waals surface area contributed by atoms with E-state index < -0.39 is 11.6 Å². The lowest BCUT2D eigenvalue weighted by molar-refractivity contribution is -0.499. The van der Waals surface area contributed by atoms with Crippen LogP contribution >= 0.6 is 0 Å². The maximum Gasteiger partial charge on any atom is 0.342 e. The summed E-state index contributed by atoms with van der Waals surface area (Å²) < 4.78 is 0. The summed E-state index contributed by atoms with van der Waals surface area (Å²) in [5.74, 6) is -0.423. The zero-order chi connectivity index (χ0) is 12.2. The molecule has 0 aromatic heterocycles. The monoisotopic (exact) mass is 230 g/mol. The van der Waals surface area contributed by atoms with Gasteiger partial charge in [-0.3, -0.25) is 0 Å². The van der Waals surface area contributed by atoms with E-state index in [1.54, 1.807) is 0 Å². The first kappa shape index (κ1) is 13.5. The highest BCUT2D eigenvalue weighted by Crippen LogP contribution is 2.38. The molecule has 1 N–H and O–H groups in total. The van der Waals surface area contributed by atoms with E-state index in [-0.39, 0.29) is 6.10 Å². The maximum atomic E-state index is 11.1. The number of aliphatic carboxylic acids is 1. The van der Waals surface area contributed by atoms with Crippen molar-refractivity contribution in [2.75, 3.05) is 0 Å². The fourth-order valence-corrected chi connectivity index (χ4v) is 2.11. The third-order valence-electron chi connectivity index (χ3n) is 3.39. The van der Waals surface area contributed by atoms with E-state index in [1.165, 1.54) is 12.8 Å². The Hall–Kier alpha value is -0.610. The van der Waals surface area contributed by atoms with Gasteiger partial charge in [-0.1, -0.05) is 40.0 Å². The zero-order valence-corrected chi connectivity index (χ0v) is 10.4. The standard InChI is InChI=1S/C12H22O4/c1-4-6-7-9(3)8-10-12(5-2,11(13)14)16-15-10/h9-10H,4-8H2,1-3H3,(H,13,14). The SMILES string of the molecule is CCCCC(C)CC1OOC1(CC)C(=O)O. The number of rotatable bonds is 7. The van der Waals surface area contributed by atoms with Crippen molar-refractivity contribution in [3.8, 4) is 0 Å². The Bertz CT molecular complexity index is 237. The second-order valence-corrected chi connectivity index (χ2v) is 4.70. The molecule has 0 radical (unpaired) electrons. The average Bonchev–Trinajstić information content (AvgIpc) is 2.22. The third-order valence-corrected chi connectivity index (χ3v) is 3.39. The zero-order valence-electron chi connectivity index (χ0n) is 10.4. The van der Waals surface area contributed by atoms with Gasteiger partial charge >= 0.3 is 5.97 Å². The first-order chi connectivity index (χ1) is 7.56. The van der Waals surface area contributed by atoms with Crippen LogP contribution in [0.4, 0.5) is 0 Å². The molecule has 3 atom stereocenters. The number of unbranched alkanes of at least 4 members (excludes halogenated alkanes) is 1. The summed E-state index contributed by atoms with van der Waals surface area (Å²) in [5, 5.41) is 9.14. The fraction of sp³-hybridized carbons (Fsp3) is 0.917. The minimum absolute atomic E-state index is 0.290. The predicted octanol–water partition coefficient (Wildman–Crippen LogP) is 2.77. The van der Waals surface area contributed by atoms with Crippen LogP contribution in [0.5, 0.6) is 0 Å². The van der Waals surface area contributed by atoms with E-state index in [0.717, 1.165) is 12.8 Å². The number of hydrogen-bond acceptors (Lipinski definition) is 3. The van der Waals surface area contributed by atoms with Crippen molar-refractivity contribution in [3.05, 3.63) is 0 Å². The van der Waals surface area contributed by atoms with Crippen LogP contribution in [-0.4, -0.2) is 22.8 Å². The van der Waals surface area contributed by atoms with Crippen molar-refractivity contribution in [2.45, 2.75) is 64.6 Å². The lowest BCUT2D eigenvalue weighted by Gasteiger charge is -2.43. The van der Waals surface area contributed by atoms with Gasteiger partial charge in [-0.2, -0.15) is 0 Å². The van der Waals surface area contributed by atoms with Crippen LogP contribution in [0.1, 0.15) is 52.9 Å². The van der Waals surface area contributed by atoms with E-state index >= 15 is 0 Å². The van der Waals surface area contributed by atoms with Crippen molar-refractivity contribution in [1.29, 1.82) is 0 Å². The van der Waals surface area contributed by atoms with Gasteiger partial charge in [0.1, 0.15) is 6.10 Å². The summed E-state index contributed by atoms with van der Waals surface area (Å²) in [7, 11) is 0. The van der Waals surface area contributed by atoms with Gasteiger partial charge in [0, 0.05) is 0 Å². The van der Waals surface area contributed by atoms with E-state index in [4.69, 9.17) is 14.9 Å². The Kier molecular flexibility index (Phi) is 4.74. The lowest BCUT2D eigenvalue weighted by Crippen LogP contribution is -2.61. The number of carbonyl (C=O) groups is 1. The summed E-state index contributed by atoms with van der Waals surface area (Å²) in [5.41, 5.74) is -1.10. The van der Waals surface area contributed by atoms with Crippen molar-refractivity contribution < 1.29 is 19.7 Å². The minimum atomic E-state index is -1.10. The molecular weight excluding hydrogens is 208 g/mol. The Labute approximate surface area is 96.9 Å². The van der Waals surface area contributed by atoms with Gasteiger partial charge < -0.3 is 5.11 Å². The number of hydrogen-bond donors (Lipinski definition) is 1. The molecule has 1 saturated heterocycles. The third kappa shape index (κ3) is 2.55. The van der Waals surface area contributed by atoms with Crippen LogP contribution in [0.3, 0.4) is 0 Å². The summed E-state index contributed by atoms with van der Waals surface area (Å²) in [6.45, 7) is 6.11. The Morgan fingerprint density at radius 1 is 1.50 bits per heavy atom. The van der Waals surface area contributed by atoms with Gasteiger partial charge in [-0.25, -0.2) is 14.6 Å². The highest BCUT2D eigenvalue weighted by atomic mass is 17.3. The van der Waals surface area contributed by atoms with Gasteiger partial charge in [0.05, 0.1) is 0 Å². The van der Waals surface area contributed by atoms with Crippen molar-refractivity contribution >= 4 is 5.97 Å². The molecule has 1 fully saturated rings. The topological polar surface area (TPSA) is 55.8 Å². The molecule has 0 saturated carbocycles. The molecule has 1 aliphatic heterocycles. The second-order valence-electron chi connectivity index (χ2n) is 4.70. The number of carboxylic acids is 1. The van der Waals surface area contributed by atoms with Crippen LogP contribution < -0.4 is 0 Å². The van der Waals surface area contributed by atoms with Crippen LogP contribution in [0.15, 0.2) is 0 Å². The predicted molar refractivity (Wildman–Crippen MR) is 59.9 cm³/mol.